The van der Waals surface area contributed by atoms with Crippen LogP contribution in [0.5, 0.6) is 0 Å². The van der Waals surface area contributed by atoms with Crippen molar-refractivity contribution in [3.05, 3.63) is 0 Å². The molecule has 2 atom stereocenters. The van der Waals surface area contributed by atoms with Crippen LogP contribution in [0.3, 0.4) is 0 Å². The van der Waals surface area contributed by atoms with Gasteiger partial charge < -0.3 is 20.3 Å². The second-order valence-electron chi connectivity index (χ2n) is 8.11. The fraction of sp³-hybridized carbons (Fsp3) is 0.950. The minimum Gasteiger partial charge on any atom is -0.379 e. The molecule has 2 heterocycles. The van der Waals surface area contributed by atoms with Gasteiger partial charge in [-0.1, -0.05) is 20.8 Å². The topological polar surface area (TPSA) is 55.4 Å². The minimum absolute atomic E-state index is 0.506. The third-order valence-electron chi connectivity index (χ3n) is 6.03. The van der Waals surface area contributed by atoms with Crippen LogP contribution in [0.25, 0.3) is 0 Å². The molecule has 158 valence electrons. The van der Waals surface area contributed by atoms with Crippen molar-refractivity contribution in [1.82, 2.24) is 25.3 Å². The van der Waals surface area contributed by atoms with Gasteiger partial charge >= 0.3 is 0 Å². The van der Waals surface area contributed by atoms with Crippen LogP contribution >= 0.6 is 0 Å². The van der Waals surface area contributed by atoms with Crippen molar-refractivity contribution in [3.63, 3.8) is 0 Å². The van der Waals surface area contributed by atoms with Crippen LogP contribution in [0.2, 0.25) is 0 Å². The molecule has 0 aromatic rings. The van der Waals surface area contributed by atoms with Crippen LogP contribution < -0.4 is 10.6 Å². The van der Waals surface area contributed by atoms with Gasteiger partial charge in [-0.25, -0.2) is 0 Å². The van der Waals surface area contributed by atoms with Crippen LogP contribution in [0.15, 0.2) is 4.99 Å². The maximum atomic E-state index is 5.51. The Morgan fingerprint density at radius 2 is 1.56 bits per heavy atom. The van der Waals surface area contributed by atoms with Gasteiger partial charge in [-0.3, -0.25) is 14.8 Å². The summed E-state index contributed by atoms with van der Waals surface area (Å²) >= 11 is 0. The Bertz CT molecular complexity index is 430. The highest BCUT2D eigenvalue weighted by Crippen LogP contribution is 2.12. The van der Waals surface area contributed by atoms with Gasteiger partial charge in [-0.05, 0) is 19.4 Å². The number of nitrogens with zero attached hydrogens (tertiary/aromatic N) is 4. The number of aliphatic imine (C=N–C) groups is 1. The Hall–Kier alpha value is -0.890. The summed E-state index contributed by atoms with van der Waals surface area (Å²) in [5.41, 5.74) is 0. The number of morpholine rings is 1. The van der Waals surface area contributed by atoms with Crippen molar-refractivity contribution in [2.75, 3.05) is 79.2 Å². The average Bonchev–Trinajstić information content (AvgIpc) is 2.70. The monoisotopic (exact) mass is 382 g/mol. The summed E-state index contributed by atoms with van der Waals surface area (Å²) in [7, 11) is 1.86. The van der Waals surface area contributed by atoms with Gasteiger partial charge in [0.15, 0.2) is 5.96 Å². The first-order valence-electron chi connectivity index (χ1n) is 10.8. The van der Waals surface area contributed by atoms with E-state index in [1.165, 1.54) is 13.1 Å². The molecule has 0 aromatic carbocycles. The van der Waals surface area contributed by atoms with Crippen molar-refractivity contribution < 1.29 is 4.74 Å². The summed E-state index contributed by atoms with van der Waals surface area (Å²) in [6, 6.07) is 1.02. The molecule has 7 heteroatoms. The van der Waals surface area contributed by atoms with E-state index in [4.69, 9.17) is 4.74 Å². The molecule has 0 bridgehead atoms. The van der Waals surface area contributed by atoms with E-state index in [0.29, 0.717) is 18.0 Å². The molecule has 0 aromatic heterocycles. The largest absolute Gasteiger partial charge is 0.379 e. The molecule has 27 heavy (non-hydrogen) atoms. The lowest BCUT2D eigenvalue weighted by Gasteiger charge is -2.38. The van der Waals surface area contributed by atoms with Crippen LogP contribution in [0, 0.1) is 5.92 Å². The molecule has 0 spiro atoms. The van der Waals surface area contributed by atoms with Gasteiger partial charge in [0.2, 0.25) is 0 Å². The summed E-state index contributed by atoms with van der Waals surface area (Å²) in [4.78, 5) is 12.1. The SMILES string of the molecule is CCN1CCN(C(C)CNC(=NC)NCC(C(C)C)N2CCOCC2)CC1. The first kappa shape index (κ1) is 22.4. The fourth-order valence-electron chi connectivity index (χ4n) is 4.01. The van der Waals surface area contributed by atoms with Crippen LogP contribution in [-0.4, -0.2) is 112 Å². The Balaban J connectivity index is 1.74. The zero-order valence-corrected chi connectivity index (χ0v) is 18.2. The summed E-state index contributed by atoms with van der Waals surface area (Å²) < 4.78 is 5.51. The number of piperazine rings is 1. The van der Waals surface area contributed by atoms with E-state index in [2.05, 4.69) is 58.0 Å². The Morgan fingerprint density at radius 1 is 0.926 bits per heavy atom. The van der Waals surface area contributed by atoms with Crippen molar-refractivity contribution in [3.8, 4) is 0 Å². The molecule has 0 amide bonds. The van der Waals surface area contributed by atoms with Crippen LogP contribution in [0.4, 0.5) is 0 Å². The van der Waals surface area contributed by atoms with E-state index >= 15 is 0 Å². The zero-order chi connectivity index (χ0) is 19.6. The second kappa shape index (κ2) is 11.8. The van der Waals surface area contributed by atoms with E-state index in [1.54, 1.807) is 0 Å². The predicted molar refractivity (Wildman–Crippen MR) is 114 cm³/mol. The Labute approximate surface area is 166 Å². The summed E-state index contributed by atoms with van der Waals surface area (Å²) in [5, 5.41) is 7.08. The molecule has 2 unspecified atom stereocenters. The first-order valence-corrected chi connectivity index (χ1v) is 10.8. The average molecular weight is 383 g/mol. The normalized spacial score (nSPS) is 23.4. The molecular formula is C20H42N6O. The van der Waals surface area contributed by atoms with Gasteiger partial charge in [0.25, 0.3) is 0 Å². The lowest BCUT2D eigenvalue weighted by Crippen LogP contribution is -2.55. The molecule has 7 nitrogen and oxygen atoms in total. The Kier molecular flexibility index (Phi) is 9.82. The van der Waals surface area contributed by atoms with E-state index in [9.17, 15) is 0 Å². The molecular weight excluding hydrogens is 340 g/mol. The maximum absolute atomic E-state index is 5.51. The summed E-state index contributed by atoms with van der Waals surface area (Å²) in [6.45, 7) is 20.6. The minimum atomic E-state index is 0.506. The van der Waals surface area contributed by atoms with E-state index in [1.807, 2.05) is 7.05 Å². The molecule has 0 radical (unpaired) electrons. The standard InChI is InChI=1S/C20H42N6O/c1-6-24-7-9-25(10-8-24)18(4)15-22-20(21-5)23-16-19(17(2)3)26-11-13-27-14-12-26/h17-19H,6-16H2,1-5H3,(H2,21,22,23). The lowest BCUT2D eigenvalue weighted by atomic mass is 10.0. The number of ether oxygens (including phenoxy) is 1. The van der Waals surface area contributed by atoms with E-state index < -0.39 is 0 Å². The lowest BCUT2D eigenvalue weighted by molar-refractivity contribution is 0.00751. The Morgan fingerprint density at radius 3 is 2.11 bits per heavy atom. The number of hydrogen-bond donors (Lipinski definition) is 2. The molecule has 2 fully saturated rings. The number of nitrogens with one attached hydrogen (secondary N) is 2. The summed E-state index contributed by atoms with van der Waals surface area (Å²) in [5.74, 6) is 1.51. The molecule has 2 rings (SSSR count). The quantitative estimate of drug-likeness (QED) is 0.472. The molecule has 2 aliphatic heterocycles. The third kappa shape index (κ3) is 7.22. The maximum Gasteiger partial charge on any atom is 0.191 e. The van der Waals surface area contributed by atoms with Gasteiger partial charge in [0.1, 0.15) is 0 Å². The highest BCUT2D eigenvalue weighted by molar-refractivity contribution is 5.79. The highest BCUT2D eigenvalue weighted by atomic mass is 16.5. The van der Waals surface area contributed by atoms with Gasteiger partial charge in [0.05, 0.1) is 13.2 Å². The van der Waals surface area contributed by atoms with Crippen molar-refractivity contribution in [2.24, 2.45) is 10.9 Å². The van der Waals surface area contributed by atoms with Crippen molar-refractivity contribution in [2.45, 2.75) is 39.8 Å². The van der Waals surface area contributed by atoms with Crippen molar-refractivity contribution >= 4 is 5.96 Å². The zero-order valence-electron chi connectivity index (χ0n) is 18.2. The third-order valence-corrected chi connectivity index (χ3v) is 6.03. The molecule has 0 saturated carbocycles. The van der Waals surface area contributed by atoms with Gasteiger partial charge in [0, 0.05) is 71.5 Å². The molecule has 2 saturated heterocycles. The predicted octanol–water partition coefficient (Wildman–Crippen LogP) is 0.534. The van der Waals surface area contributed by atoms with Crippen LogP contribution in [-0.2, 0) is 4.74 Å². The fourth-order valence-corrected chi connectivity index (χ4v) is 4.01. The number of guanidine groups is 1. The molecule has 0 aliphatic carbocycles. The van der Waals surface area contributed by atoms with Gasteiger partial charge in [-0.15, -0.1) is 0 Å². The number of rotatable bonds is 8. The number of hydrogen-bond acceptors (Lipinski definition) is 5. The van der Waals surface area contributed by atoms with E-state index in [-0.39, 0.29) is 0 Å². The number of likely N-dealkylation sites (N-methyl/N-ethyl adjacent to an activating group) is 1. The summed E-state index contributed by atoms with van der Waals surface area (Å²) in [6.07, 6.45) is 0. The second-order valence-corrected chi connectivity index (χ2v) is 8.11. The van der Waals surface area contributed by atoms with E-state index in [0.717, 1.165) is 65.0 Å². The van der Waals surface area contributed by atoms with Crippen molar-refractivity contribution in [1.29, 1.82) is 0 Å². The first-order chi connectivity index (χ1) is 13.0. The molecule has 2 N–H and O–H groups in total. The highest BCUT2D eigenvalue weighted by Gasteiger charge is 2.24. The molecule has 2 aliphatic rings. The van der Waals surface area contributed by atoms with Crippen LogP contribution in [0.1, 0.15) is 27.7 Å². The van der Waals surface area contributed by atoms with Gasteiger partial charge in [-0.2, -0.15) is 0 Å². The smallest absolute Gasteiger partial charge is 0.191 e.